The van der Waals surface area contributed by atoms with Gasteiger partial charge in [-0.15, -0.1) is 11.6 Å². The molecule has 1 aromatic heterocycles. The van der Waals surface area contributed by atoms with Crippen LogP contribution in [0, 0.1) is 19.7 Å². The molecule has 1 aliphatic carbocycles. The number of fused-ring (bicyclic) bond motifs is 3. The Kier molecular flexibility index (Phi) is 5.35. The summed E-state index contributed by atoms with van der Waals surface area (Å²) in [5, 5.41) is 3.14. The summed E-state index contributed by atoms with van der Waals surface area (Å²) in [6, 6.07) is 12.9. The summed E-state index contributed by atoms with van der Waals surface area (Å²) >= 11 is 6.46. The SMILES string of the molecule is Cc1cc(C)cc(Nc2ncc3c(n2)C2=CCC(Cl)C=C2C(c2ccccc2F)=NC3)c1. The van der Waals surface area contributed by atoms with Gasteiger partial charge in [0.15, 0.2) is 0 Å². The standard InChI is InChI=1S/C26H22ClFN4/c1-15-9-16(2)11-19(10-15)31-26-30-14-17-13-29-25(21-5-3-4-6-23(21)28)22-12-18(27)7-8-20(22)24(17)32-26/h3-6,8-12,14,18H,7,13H2,1-2H3,(H,30,31,32). The van der Waals surface area contributed by atoms with Gasteiger partial charge in [-0.05, 0) is 55.7 Å². The Bertz CT molecular complexity index is 1290. The molecule has 0 spiro atoms. The third-order valence-electron chi connectivity index (χ3n) is 5.57. The van der Waals surface area contributed by atoms with Crippen LogP contribution >= 0.6 is 11.6 Å². The second-order valence-corrected chi connectivity index (χ2v) is 8.72. The van der Waals surface area contributed by atoms with Crippen LogP contribution in [0.2, 0.25) is 0 Å². The first-order valence-corrected chi connectivity index (χ1v) is 11.0. The van der Waals surface area contributed by atoms with Gasteiger partial charge in [0.2, 0.25) is 5.95 Å². The number of nitrogens with zero attached hydrogens (tertiary/aromatic N) is 3. The average molecular weight is 445 g/mol. The first kappa shape index (κ1) is 20.6. The summed E-state index contributed by atoms with van der Waals surface area (Å²) in [4.78, 5) is 14.1. The number of aromatic nitrogens is 2. The summed E-state index contributed by atoms with van der Waals surface area (Å²) in [6.07, 6.45) is 6.50. The van der Waals surface area contributed by atoms with E-state index in [2.05, 4.69) is 48.4 Å². The van der Waals surface area contributed by atoms with Crippen molar-refractivity contribution in [2.24, 2.45) is 4.99 Å². The lowest BCUT2D eigenvalue weighted by Crippen LogP contribution is -2.14. The van der Waals surface area contributed by atoms with Crippen LogP contribution in [0.25, 0.3) is 5.57 Å². The molecule has 0 bridgehead atoms. The number of aryl methyl sites for hydroxylation is 2. The van der Waals surface area contributed by atoms with E-state index in [1.807, 2.05) is 12.1 Å². The molecule has 0 radical (unpaired) electrons. The number of anilines is 2. The lowest BCUT2D eigenvalue weighted by atomic mass is 9.88. The van der Waals surface area contributed by atoms with Crippen molar-refractivity contribution in [2.75, 3.05) is 5.32 Å². The van der Waals surface area contributed by atoms with Crippen molar-refractivity contribution >= 4 is 34.5 Å². The van der Waals surface area contributed by atoms with E-state index >= 15 is 0 Å². The number of hydrogen-bond donors (Lipinski definition) is 1. The number of benzene rings is 2. The molecule has 6 heteroatoms. The predicted molar refractivity (Wildman–Crippen MR) is 128 cm³/mol. The van der Waals surface area contributed by atoms with Crippen molar-refractivity contribution in [3.05, 3.63) is 100 Å². The number of alkyl halides is 1. The Hall–Kier alpha value is -3.31. The number of halogens is 2. The van der Waals surface area contributed by atoms with E-state index in [1.165, 1.54) is 17.2 Å². The molecule has 1 unspecified atom stereocenters. The third-order valence-corrected chi connectivity index (χ3v) is 5.88. The fourth-order valence-corrected chi connectivity index (χ4v) is 4.45. The Morgan fingerprint density at radius 3 is 2.62 bits per heavy atom. The zero-order chi connectivity index (χ0) is 22.2. The molecular weight excluding hydrogens is 423 g/mol. The smallest absolute Gasteiger partial charge is 0.227 e. The van der Waals surface area contributed by atoms with Gasteiger partial charge in [-0.3, -0.25) is 4.99 Å². The van der Waals surface area contributed by atoms with Crippen molar-refractivity contribution in [1.29, 1.82) is 0 Å². The lowest BCUT2D eigenvalue weighted by Gasteiger charge is -2.20. The summed E-state index contributed by atoms with van der Waals surface area (Å²) < 4.78 is 14.7. The van der Waals surface area contributed by atoms with E-state index in [1.54, 1.807) is 18.3 Å². The molecule has 0 saturated heterocycles. The van der Waals surface area contributed by atoms with E-state index in [4.69, 9.17) is 21.6 Å². The molecule has 0 amide bonds. The highest BCUT2D eigenvalue weighted by Gasteiger charge is 2.28. The molecule has 1 aliphatic heterocycles. The first-order valence-electron chi connectivity index (χ1n) is 10.6. The highest BCUT2D eigenvalue weighted by Crippen LogP contribution is 2.37. The topological polar surface area (TPSA) is 50.2 Å². The van der Waals surface area contributed by atoms with Gasteiger partial charge in [0.1, 0.15) is 5.82 Å². The summed E-state index contributed by atoms with van der Waals surface area (Å²) in [5.41, 5.74) is 7.76. The summed E-state index contributed by atoms with van der Waals surface area (Å²) in [6.45, 7) is 4.48. The number of aliphatic imine (C=N–C) groups is 1. The van der Waals surface area contributed by atoms with E-state index in [0.29, 0.717) is 30.2 Å². The molecule has 160 valence electrons. The van der Waals surface area contributed by atoms with Gasteiger partial charge < -0.3 is 5.32 Å². The number of rotatable bonds is 3. The fraction of sp³-hybridized carbons (Fsp3) is 0.192. The maximum Gasteiger partial charge on any atom is 0.227 e. The van der Waals surface area contributed by atoms with Gasteiger partial charge >= 0.3 is 0 Å². The lowest BCUT2D eigenvalue weighted by molar-refractivity contribution is 0.625. The Morgan fingerprint density at radius 1 is 1.06 bits per heavy atom. The van der Waals surface area contributed by atoms with Crippen LogP contribution in [0.1, 0.15) is 34.4 Å². The van der Waals surface area contributed by atoms with E-state index < -0.39 is 0 Å². The van der Waals surface area contributed by atoms with Gasteiger partial charge in [-0.25, -0.2) is 14.4 Å². The van der Waals surface area contributed by atoms with E-state index in [-0.39, 0.29) is 11.2 Å². The Morgan fingerprint density at radius 2 is 1.84 bits per heavy atom. The van der Waals surface area contributed by atoms with E-state index in [9.17, 15) is 4.39 Å². The van der Waals surface area contributed by atoms with Crippen molar-refractivity contribution < 1.29 is 4.39 Å². The molecular formula is C26H22ClFN4. The summed E-state index contributed by atoms with van der Waals surface area (Å²) in [7, 11) is 0. The maximum atomic E-state index is 14.7. The summed E-state index contributed by atoms with van der Waals surface area (Å²) in [5.74, 6) is 0.203. The van der Waals surface area contributed by atoms with E-state index in [0.717, 1.165) is 28.1 Å². The Balaban J connectivity index is 1.57. The van der Waals surface area contributed by atoms with Crippen LogP contribution < -0.4 is 5.32 Å². The Labute approximate surface area is 191 Å². The molecule has 3 aromatic rings. The minimum atomic E-state index is -0.308. The normalized spacial score (nSPS) is 17.4. The largest absolute Gasteiger partial charge is 0.324 e. The zero-order valence-electron chi connectivity index (χ0n) is 17.9. The molecule has 2 heterocycles. The van der Waals surface area contributed by atoms with Crippen LogP contribution in [0.3, 0.4) is 0 Å². The molecule has 5 rings (SSSR count). The van der Waals surface area contributed by atoms with Crippen molar-refractivity contribution in [3.8, 4) is 0 Å². The first-order chi connectivity index (χ1) is 15.5. The van der Waals surface area contributed by atoms with Crippen LogP contribution in [0.4, 0.5) is 16.0 Å². The highest BCUT2D eigenvalue weighted by molar-refractivity contribution is 6.26. The fourth-order valence-electron chi connectivity index (χ4n) is 4.23. The van der Waals surface area contributed by atoms with Crippen molar-refractivity contribution in [1.82, 2.24) is 9.97 Å². The van der Waals surface area contributed by atoms with Crippen LogP contribution in [-0.2, 0) is 6.54 Å². The average Bonchev–Trinajstić information content (AvgIpc) is 2.90. The second kappa shape index (κ2) is 8.32. The molecule has 4 nitrogen and oxygen atoms in total. The van der Waals surface area contributed by atoms with Gasteiger partial charge in [0.25, 0.3) is 0 Å². The molecule has 0 saturated carbocycles. The van der Waals surface area contributed by atoms with Crippen molar-refractivity contribution in [3.63, 3.8) is 0 Å². The van der Waals surface area contributed by atoms with Gasteiger partial charge in [0.05, 0.1) is 23.3 Å². The molecule has 1 N–H and O–H groups in total. The number of hydrogen-bond acceptors (Lipinski definition) is 4. The van der Waals surface area contributed by atoms with Crippen LogP contribution in [-0.4, -0.2) is 21.1 Å². The van der Waals surface area contributed by atoms with Crippen LogP contribution in [0.15, 0.2) is 71.4 Å². The molecule has 32 heavy (non-hydrogen) atoms. The molecule has 2 aromatic carbocycles. The maximum absolute atomic E-state index is 14.7. The molecule has 0 fully saturated rings. The second-order valence-electron chi connectivity index (χ2n) is 8.16. The number of allylic oxidation sites excluding steroid dienone is 4. The van der Waals surface area contributed by atoms with Crippen LogP contribution in [0.5, 0.6) is 0 Å². The minimum absolute atomic E-state index is 0.179. The third kappa shape index (κ3) is 3.96. The number of nitrogens with one attached hydrogen (secondary N) is 1. The van der Waals surface area contributed by atoms with Crippen molar-refractivity contribution in [2.45, 2.75) is 32.2 Å². The quantitative estimate of drug-likeness (QED) is 0.482. The minimum Gasteiger partial charge on any atom is -0.324 e. The molecule has 1 atom stereocenters. The van der Waals surface area contributed by atoms with Gasteiger partial charge in [0, 0.05) is 34.2 Å². The highest BCUT2D eigenvalue weighted by atomic mass is 35.5. The molecule has 2 aliphatic rings. The monoisotopic (exact) mass is 444 g/mol. The zero-order valence-corrected chi connectivity index (χ0v) is 18.6. The predicted octanol–water partition coefficient (Wildman–Crippen LogP) is 6.30. The van der Waals surface area contributed by atoms with Gasteiger partial charge in [-0.1, -0.05) is 30.4 Å². The van der Waals surface area contributed by atoms with Gasteiger partial charge in [-0.2, -0.15) is 0 Å².